The minimum Gasteiger partial charge on any atom is -0.378 e. The Balaban J connectivity index is 1.74. The molecule has 110 valence electrons. The standard InChI is InChI=1S/C16H22FNO2/c1-2-20-16-7-9-18(10-8-16)12-15(19)11-13-3-5-14(17)6-4-13/h3-6,16H,2,7-12H2,1H3. The van der Waals surface area contributed by atoms with Crippen molar-refractivity contribution in [1.29, 1.82) is 0 Å². The molecule has 3 nitrogen and oxygen atoms in total. The van der Waals surface area contributed by atoms with Gasteiger partial charge in [-0.25, -0.2) is 4.39 Å². The molecular weight excluding hydrogens is 257 g/mol. The Hall–Kier alpha value is -1.26. The van der Waals surface area contributed by atoms with Crippen LogP contribution in [0.4, 0.5) is 4.39 Å². The fourth-order valence-electron chi connectivity index (χ4n) is 2.60. The van der Waals surface area contributed by atoms with Crippen molar-refractivity contribution < 1.29 is 13.9 Å². The summed E-state index contributed by atoms with van der Waals surface area (Å²) in [6, 6.07) is 6.15. The smallest absolute Gasteiger partial charge is 0.151 e. The van der Waals surface area contributed by atoms with E-state index in [-0.39, 0.29) is 11.6 Å². The molecule has 1 saturated heterocycles. The maximum Gasteiger partial charge on any atom is 0.151 e. The predicted molar refractivity (Wildman–Crippen MR) is 76.2 cm³/mol. The second kappa shape index (κ2) is 7.50. The molecule has 20 heavy (non-hydrogen) atoms. The number of carbonyl (C=O) groups excluding carboxylic acids is 1. The summed E-state index contributed by atoms with van der Waals surface area (Å²) in [5, 5.41) is 0. The van der Waals surface area contributed by atoms with Gasteiger partial charge in [0, 0.05) is 26.1 Å². The summed E-state index contributed by atoms with van der Waals surface area (Å²) >= 11 is 0. The summed E-state index contributed by atoms with van der Waals surface area (Å²) in [6.07, 6.45) is 2.73. The lowest BCUT2D eigenvalue weighted by Crippen LogP contribution is -2.40. The van der Waals surface area contributed by atoms with Crippen LogP contribution in [0.5, 0.6) is 0 Å². The van der Waals surface area contributed by atoms with Crippen molar-refractivity contribution in [2.45, 2.75) is 32.3 Å². The van der Waals surface area contributed by atoms with E-state index >= 15 is 0 Å². The van der Waals surface area contributed by atoms with Crippen LogP contribution < -0.4 is 0 Å². The first-order valence-electron chi connectivity index (χ1n) is 7.27. The van der Waals surface area contributed by atoms with Gasteiger partial charge in [-0.3, -0.25) is 9.69 Å². The fourth-order valence-corrected chi connectivity index (χ4v) is 2.60. The van der Waals surface area contributed by atoms with Crippen LogP contribution in [0.15, 0.2) is 24.3 Å². The van der Waals surface area contributed by atoms with Crippen molar-refractivity contribution in [2.75, 3.05) is 26.2 Å². The number of halogens is 1. The van der Waals surface area contributed by atoms with Gasteiger partial charge in [-0.2, -0.15) is 0 Å². The highest BCUT2D eigenvalue weighted by molar-refractivity contribution is 5.82. The molecule has 1 aromatic carbocycles. The van der Waals surface area contributed by atoms with Crippen molar-refractivity contribution >= 4 is 5.78 Å². The van der Waals surface area contributed by atoms with E-state index in [0.717, 1.165) is 38.1 Å². The topological polar surface area (TPSA) is 29.5 Å². The Bertz CT molecular complexity index is 425. The highest BCUT2D eigenvalue weighted by atomic mass is 19.1. The van der Waals surface area contributed by atoms with Crippen LogP contribution in [0.2, 0.25) is 0 Å². The molecule has 0 N–H and O–H groups in total. The van der Waals surface area contributed by atoms with Gasteiger partial charge in [-0.15, -0.1) is 0 Å². The van der Waals surface area contributed by atoms with Gasteiger partial charge in [0.05, 0.1) is 12.6 Å². The normalized spacial score (nSPS) is 17.3. The van der Waals surface area contributed by atoms with Crippen molar-refractivity contribution in [1.82, 2.24) is 4.90 Å². The van der Waals surface area contributed by atoms with Gasteiger partial charge in [0.2, 0.25) is 0 Å². The Morgan fingerprint density at radius 2 is 1.95 bits per heavy atom. The molecule has 0 bridgehead atoms. The van der Waals surface area contributed by atoms with Gasteiger partial charge in [-0.05, 0) is 37.5 Å². The lowest BCUT2D eigenvalue weighted by molar-refractivity contribution is -0.120. The van der Waals surface area contributed by atoms with Gasteiger partial charge in [0.25, 0.3) is 0 Å². The van der Waals surface area contributed by atoms with Crippen molar-refractivity contribution in [3.63, 3.8) is 0 Å². The van der Waals surface area contributed by atoms with E-state index in [4.69, 9.17) is 4.74 Å². The number of Topliss-reactive ketones (excluding diaryl/α,β-unsaturated/α-hetero) is 1. The van der Waals surface area contributed by atoms with Crippen molar-refractivity contribution in [3.05, 3.63) is 35.6 Å². The maximum atomic E-state index is 12.8. The number of carbonyl (C=O) groups is 1. The van der Waals surface area contributed by atoms with Crippen LogP contribution in [0.1, 0.15) is 25.3 Å². The lowest BCUT2D eigenvalue weighted by Gasteiger charge is -2.31. The van der Waals surface area contributed by atoms with E-state index in [1.807, 2.05) is 6.92 Å². The zero-order chi connectivity index (χ0) is 14.4. The molecule has 0 spiro atoms. The molecule has 1 heterocycles. The maximum absolute atomic E-state index is 12.8. The van der Waals surface area contributed by atoms with Crippen LogP contribution >= 0.6 is 0 Å². The average molecular weight is 279 g/mol. The van der Waals surface area contributed by atoms with E-state index in [0.29, 0.717) is 19.1 Å². The Morgan fingerprint density at radius 3 is 2.55 bits per heavy atom. The molecule has 2 rings (SSSR count). The quantitative estimate of drug-likeness (QED) is 0.801. The Morgan fingerprint density at radius 1 is 1.30 bits per heavy atom. The minimum absolute atomic E-state index is 0.187. The summed E-state index contributed by atoms with van der Waals surface area (Å²) in [5.41, 5.74) is 0.876. The molecule has 0 atom stereocenters. The third-order valence-corrected chi connectivity index (χ3v) is 3.65. The van der Waals surface area contributed by atoms with E-state index < -0.39 is 0 Å². The van der Waals surface area contributed by atoms with Crippen molar-refractivity contribution in [2.24, 2.45) is 0 Å². The molecule has 1 fully saturated rings. The van der Waals surface area contributed by atoms with Crippen molar-refractivity contribution in [3.8, 4) is 0 Å². The van der Waals surface area contributed by atoms with E-state index in [2.05, 4.69) is 4.90 Å². The van der Waals surface area contributed by atoms with Crippen LogP contribution in [-0.4, -0.2) is 43.0 Å². The number of likely N-dealkylation sites (tertiary alicyclic amines) is 1. The Labute approximate surface area is 119 Å². The number of rotatable bonds is 6. The monoisotopic (exact) mass is 279 g/mol. The molecule has 1 aliphatic heterocycles. The lowest BCUT2D eigenvalue weighted by atomic mass is 10.1. The molecule has 0 aromatic heterocycles. The largest absolute Gasteiger partial charge is 0.378 e. The molecule has 0 aliphatic carbocycles. The fraction of sp³-hybridized carbons (Fsp3) is 0.562. The second-order valence-electron chi connectivity index (χ2n) is 5.27. The summed E-state index contributed by atoms with van der Waals surface area (Å²) in [6.45, 7) is 5.09. The molecule has 0 unspecified atom stereocenters. The number of hydrogen-bond donors (Lipinski definition) is 0. The summed E-state index contributed by atoms with van der Waals surface area (Å²) in [5.74, 6) is -0.0781. The minimum atomic E-state index is -0.265. The van der Waals surface area contributed by atoms with Gasteiger partial charge >= 0.3 is 0 Å². The van der Waals surface area contributed by atoms with E-state index in [1.165, 1.54) is 12.1 Å². The van der Waals surface area contributed by atoms with Gasteiger partial charge in [-0.1, -0.05) is 12.1 Å². The first-order valence-corrected chi connectivity index (χ1v) is 7.27. The third-order valence-electron chi connectivity index (χ3n) is 3.65. The predicted octanol–water partition coefficient (Wildman–Crippen LogP) is 2.44. The Kier molecular flexibility index (Phi) is 5.68. The van der Waals surface area contributed by atoms with Gasteiger partial charge in [0.15, 0.2) is 5.78 Å². The van der Waals surface area contributed by atoms with E-state index in [9.17, 15) is 9.18 Å². The number of nitrogens with zero attached hydrogens (tertiary/aromatic N) is 1. The number of benzene rings is 1. The zero-order valence-electron chi connectivity index (χ0n) is 12.0. The highest BCUT2D eigenvalue weighted by Gasteiger charge is 2.20. The van der Waals surface area contributed by atoms with Crippen LogP contribution in [-0.2, 0) is 16.0 Å². The second-order valence-corrected chi connectivity index (χ2v) is 5.27. The molecule has 1 aliphatic rings. The number of piperidine rings is 1. The molecule has 0 amide bonds. The van der Waals surface area contributed by atoms with Crippen LogP contribution in [0.25, 0.3) is 0 Å². The summed E-state index contributed by atoms with van der Waals surface area (Å²) in [7, 11) is 0. The van der Waals surface area contributed by atoms with Gasteiger partial charge in [0.1, 0.15) is 5.82 Å². The van der Waals surface area contributed by atoms with Gasteiger partial charge < -0.3 is 4.74 Å². The number of ether oxygens (including phenoxy) is 1. The highest BCUT2D eigenvalue weighted by Crippen LogP contribution is 2.14. The molecule has 4 heteroatoms. The first-order chi connectivity index (χ1) is 9.67. The van der Waals surface area contributed by atoms with Crippen LogP contribution in [0.3, 0.4) is 0 Å². The summed E-state index contributed by atoms with van der Waals surface area (Å²) in [4.78, 5) is 14.2. The number of ketones is 1. The molecule has 0 radical (unpaired) electrons. The average Bonchev–Trinajstić information content (AvgIpc) is 2.44. The zero-order valence-corrected chi connectivity index (χ0v) is 12.0. The molecule has 0 saturated carbocycles. The molecular formula is C16H22FNO2. The molecule has 1 aromatic rings. The number of hydrogen-bond acceptors (Lipinski definition) is 3. The SMILES string of the molecule is CCOC1CCN(CC(=O)Cc2ccc(F)cc2)CC1. The third kappa shape index (κ3) is 4.69. The van der Waals surface area contributed by atoms with Crippen LogP contribution in [0, 0.1) is 5.82 Å². The first kappa shape index (κ1) is 15.1. The summed E-state index contributed by atoms with van der Waals surface area (Å²) < 4.78 is 18.4. The van der Waals surface area contributed by atoms with E-state index in [1.54, 1.807) is 12.1 Å².